The molecule has 0 radical (unpaired) electrons. The summed E-state index contributed by atoms with van der Waals surface area (Å²) in [6, 6.07) is 18.4. The molecule has 0 fully saturated rings. The summed E-state index contributed by atoms with van der Waals surface area (Å²) in [6.07, 6.45) is 3.21. The van der Waals surface area contributed by atoms with Crippen molar-refractivity contribution < 1.29 is 13.9 Å². The first-order valence-corrected chi connectivity index (χ1v) is 10.5. The van der Waals surface area contributed by atoms with Crippen LogP contribution in [0, 0.1) is 3.57 Å². The average molecular weight is 531 g/mol. The highest BCUT2D eigenvalue weighted by Crippen LogP contribution is 2.32. The maximum atomic E-state index is 12.3. The number of carbonyl (C=O) groups is 1. The van der Waals surface area contributed by atoms with Crippen LogP contribution in [0.15, 0.2) is 71.2 Å². The van der Waals surface area contributed by atoms with Gasteiger partial charge in [0.05, 0.1) is 17.7 Å². The van der Waals surface area contributed by atoms with Crippen molar-refractivity contribution in [2.45, 2.75) is 0 Å². The number of nitrogens with zero attached hydrogens (tertiary/aromatic N) is 1. The third-order valence-electron chi connectivity index (χ3n) is 4.36. The van der Waals surface area contributed by atoms with Crippen LogP contribution in [0.1, 0.15) is 5.56 Å². The fourth-order valence-electron chi connectivity index (χ4n) is 2.85. The van der Waals surface area contributed by atoms with Crippen molar-refractivity contribution in [1.82, 2.24) is 4.98 Å². The van der Waals surface area contributed by atoms with Gasteiger partial charge in [-0.25, -0.2) is 4.98 Å². The molecule has 4 aromatic rings. The summed E-state index contributed by atoms with van der Waals surface area (Å²) >= 11 is 8.50. The summed E-state index contributed by atoms with van der Waals surface area (Å²) in [5.41, 5.74) is 3.51. The number of hydrogen-bond acceptors (Lipinski definition) is 4. The Hall–Kier alpha value is -2.84. The second-order valence-corrected chi connectivity index (χ2v) is 8.07. The van der Waals surface area contributed by atoms with E-state index in [1.807, 2.05) is 42.5 Å². The monoisotopic (exact) mass is 530 g/mol. The number of oxazole rings is 1. The van der Waals surface area contributed by atoms with Gasteiger partial charge in [0.15, 0.2) is 5.58 Å². The Kier molecular flexibility index (Phi) is 6.06. The van der Waals surface area contributed by atoms with Gasteiger partial charge in [0, 0.05) is 15.3 Å². The number of methoxy groups -OCH3 is 1. The minimum absolute atomic E-state index is 0.241. The fraction of sp³-hybridized carbons (Fsp3) is 0.0435. The van der Waals surface area contributed by atoms with Crippen molar-refractivity contribution in [2.75, 3.05) is 12.4 Å². The molecule has 0 bridgehead atoms. The predicted octanol–water partition coefficient (Wildman–Crippen LogP) is 6.41. The maximum absolute atomic E-state index is 12.3. The van der Waals surface area contributed by atoms with Crippen LogP contribution in [0.5, 0.6) is 5.75 Å². The van der Waals surface area contributed by atoms with Gasteiger partial charge in [-0.05, 0) is 82.8 Å². The molecule has 4 rings (SSSR count). The molecule has 0 unspecified atom stereocenters. The van der Waals surface area contributed by atoms with Crippen LogP contribution < -0.4 is 10.1 Å². The molecule has 0 saturated carbocycles. The molecule has 0 spiro atoms. The van der Waals surface area contributed by atoms with E-state index in [2.05, 4.69) is 32.9 Å². The van der Waals surface area contributed by atoms with E-state index in [1.54, 1.807) is 31.4 Å². The third-order valence-corrected chi connectivity index (χ3v) is 5.36. The number of fused-ring (bicyclic) bond motifs is 1. The molecule has 0 saturated heterocycles. The molecular weight excluding hydrogens is 515 g/mol. The lowest BCUT2D eigenvalue weighted by Crippen LogP contribution is -2.07. The Balaban J connectivity index is 1.51. The van der Waals surface area contributed by atoms with Crippen molar-refractivity contribution >= 4 is 63.0 Å². The molecule has 1 heterocycles. The summed E-state index contributed by atoms with van der Waals surface area (Å²) in [4.78, 5) is 16.8. The van der Waals surface area contributed by atoms with E-state index in [-0.39, 0.29) is 5.91 Å². The van der Waals surface area contributed by atoms with Gasteiger partial charge in [0.2, 0.25) is 11.8 Å². The molecule has 0 aliphatic heterocycles. The molecule has 7 heteroatoms. The van der Waals surface area contributed by atoms with Crippen LogP contribution in [0.3, 0.4) is 0 Å². The number of amides is 1. The first-order chi connectivity index (χ1) is 14.5. The Morgan fingerprint density at radius 2 is 1.93 bits per heavy atom. The minimum Gasteiger partial charge on any atom is -0.497 e. The number of carbonyl (C=O) groups excluding carboxylic acids is 1. The standard InChI is InChI=1S/C23H16ClIN2O3/c1-29-17-7-2-14(3-8-17)4-11-22(28)26-16-6-10-21-20(13-16)27-23(30-21)18-12-15(25)5-9-19(18)24/h2-13H,1H3,(H,26,28)/b11-4+. The van der Waals surface area contributed by atoms with Crippen molar-refractivity contribution in [3.8, 4) is 17.2 Å². The highest BCUT2D eigenvalue weighted by Gasteiger charge is 2.13. The topological polar surface area (TPSA) is 64.4 Å². The van der Waals surface area contributed by atoms with Crippen molar-refractivity contribution in [1.29, 1.82) is 0 Å². The van der Waals surface area contributed by atoms with Crippen LogP contribution in [0.4, 0.5) is 5.69 Å². The van der Waals surface area contributed by atoms with Crippen molar-refractivity contribution in [3.63, 3.8) is 0 Å². The smallest absolute Gasteiger partial charge is 0.248 e. The molecular formula is C23H16ClIN2O3. The summed E-state index contributed by atoms with van der Waals surface area (Å²) < 4.78 is 12.0. The van der Waals surface area contributed by atoms with Gasteiger partial charge in [0.25, 0.3) is 0 Å². The number of benzene rings is 3. The van der Waals surface area contributed by atoms with Crippen LogP contribution in [-0.4, -0.2) is 18.0 Å². The first-order valence-electron chi connectivity index (χ1n) is 9.01. The molecule has 5 nitrogen and oxygen atoms in total. The van der Waals surface area contributed by atoms with E-state index in [4.69, 9.17) is 20.8 Å². The minimum atomic E-state index is -0.241. The van der Waals surface area contributed by atoms with Gasteiger partial charge >= 0.3 is 0 Å². The molecule has 1 N–H and O–H groups in total. The number of ether oxygens (including phenoxy) is 1. The maximum Gasteiger partial charge on any atom is 0.248 e. The number of hydrogen-bond donors (Lipinski definition) is 1. The fourth-order valence-corrected chi connectivity index (χ4v) is 3.54. The number of rotatable bonds is 5. The SMILES string of the molecule is COc1ccc(/C=C/C(=O)Nc2ccc3oc(-c4cc(I)ccc4Cl)nc3c2)cc1. The van der Waals surface area contributed by atoms with Crippen LogP contribution in [0.2, 0.25) is 5.02 Å². The van der Waals surface area contributed by atoms with Crippen LogP contribution in [-0.2, 0) is 4.79 Å². The molecule has 0 atom stereocenters. The van der Waals surface area contributed by atoms with E-state index in [9.17, 15) is 4.79 Å². The van der Waals surface area contributed by atoms with E-state index >= 15 is 0 Å². The van der Waals surface area contributed by atoms with E-state index in [0.717, 1.165) is 20.4 Å². The van der Waals surface area contributed by atoms with Gasteiger partial charge in [-0.1, -0.05) is 23.7 Å². The normalized spacial score (nSPS) is 11.2. The molecule has 150 valence electrons. The molecule has 1 amide bonds. The number of halogens is 2. The predicted molar refractivity (Wildman–Crippen MR) is 128 cm³/mol. The third kappa shape index (κ3) is 4.66. The number of aromatic nitrogens is 1. The number of nitrogens with one attached hydrogen (secondary N) is 1. The summed E-state index contributed by atoms with van der Waals surface area (Å²) in [5, 5.41) is 3.41. The average Bonchev–Trinajstić information content (AvgIpc) is 3.17. The van der Waals surface area contributed by atoms with E-state index < -0.39 is 0 Å². The van der Waals surface area contributed by atoms with Gasteiger partial charge in [-0.15, -0.1) is 0 Å². The first kappa shape index (κ1) is 20.4. The quantitative estimate of drug-likeness (QED) is 0.239. The van der Waals surface area contributed by atoms with Gasteiger partial charge < -0.3 is 14.5 Å². The largest absolute Gasteiger partial charge is 0.497 e. The number of anilines is 1. The van der Waals surface area contributed by atoms with E-state index in [1.165, 1.54) is 6.08 Å². The van der Waals surface area contributed by atoms with E-state index in [0.29, 0.717) is 27.7 Å². The Labute approximate surface area is 191 Å². The lowest BCUT2D eigenvalue weighted by molar-refractivity contribution is -0.111. The summed E-state index contributed by atoms with van der Waals surface area (Å²) in [6.45, 7) is 0. The van der Waals surface area contributed by atoms with Crippen LogP contribution in [0.25, 0.3) is 28.6 Å². The second kappa shape index (κ2) is 8.89. The van der Waals surface area contributed by atoms with Gasteiger partial charge in [-0.2, -0.15) is 0 Å². The lowest BCUT2D eigenvalue weighted by atomic mass is 10.2. The summed E-state index contributed by atoms with van der Waals surface area (Å²) in [7, 11) is 1.61. The molecule has 1 aromatic heterocycles. The molecule has 30 heavy (non-hydrogen) atoms. The highest BCUT2D eigenvalue weighted by molar-refractivity contribution is 14.1. The van der Waals surface area contributed by atoms with Gasteiger partial charge in [-0.3, -0.25) is 4.79 Å². The molecule has 3 aromatic carbocycles. The lowest BCUT2D eigenvalue weighted by Gasteiger charge is -2.02. The molecule has 0 aliphatic rings. The zero-order valence-corrected chi connectivity index (χ0v) is 18.8. The van der Waals surface area contributed by atoms with Gasteiger partial charge in [0.1, 0.15) is 11.3 Å². The zero-order chi connectivity index (χ0) is 21.1. The van der Waals surface area contributed by atoms with Crippen molar-refractivity contribution in [2.24, 2.45) is 0 Å². The highest BCUT2D eigenvalue weighted by atomic mass is 127. The Morgan fingerprint density at radius 1 is 1.13 bits per heavy atom. The second-order valence-electron chi connectivity index (χ2n) is 6.42. The summed E-state index contributed by atoms with van der Waals surface area (Å²) in [5.74, 6) is 0.967. The zero-order valence-electron chi connectivity index (χ0n) is 15.9. The molecule has 0 aliphatic carbocycles. The Bertz CT molecular complexity index is 1250. The van der Waals surface area contributed by atoms with Crippen molar-refractivity contribution in [3.05, 3.63) is 80.9 Å². The van der Waals surface area contributed by atoms with Crippen LogP contribution >= 0.6 is 34.2 Å². The Morgan fingerprint density at radius 3 is 2.70 bits per heavy atom.